The number of aromatic nitrogens is 2. The zero-order valence-electron chi connectivity index (χ0n) is 5.96. The van der Waals surface area contributed by atoms with Crippen molar-refractivity contribution in [2.24, 2.45) is 0 Å². The molecule has 2 heterocycles. The third-order valence-corrected chi connectivity index (χ3v) is 2.29. The Morgan fingerprint density at radius 1 is 1.25 bits per heavy atom. The SMILES string of the molecule is Clc1ccnc2nc(Br)ccc12. The smallest absolute Gasteiger partial charge is 0.161 e. The molecule has 60 valence electrons. The second-order valence-corrected chi connectivity index (χ2v) is 3.52. The van der Waals surface area contributed by atoms with Gasteiger partial charge in [0.15, 0.2) is 5.65 Å². The molecule has 4 heteroatoms. The van der Waals surface area contributed by atoms with E-state index in [-0.39, 0.29) is 0 Å². The molecule has 0 atom stereocenters. The van der Waals surface area contributed by atoms with Crippen LogP contribution in [0.5, 0.6) is 0 Å². The van der Waals surface area contributed by atoms with Gasteiger partial charge in [-0.3, -0.25) is 0 Å². The highest BCUT2D eigenvalue weighted by Crippen LogP contribution is 2.21. The highest BCUT2D eigenvalue weighted by Gasteiger charge is 1.99. The van der Waals surface area contributed by atoms with E-state index in [1.807, 2.05) is 12.1 Å². The molecule has 0 aliphatic carbocycles. The second kappa shape index (κ2) is 2.99. The molecule has 0 saturated heterocycles. The topological polar surface area (TPSA) is 25.8 Å². The summed E-state index contributed by atoms with van der Waals surface area (Å²) in [7, 11) is 0. The molecule has 0 aliphatic rings. The monoisotopic (exact) mass is 242 g/mol. The standard InChI is InChI=1S/C8H4BrClN2/c9-7-2-1-5-6(10)3-4-11-8(5)12-7/h1-4H. The molecule has 0 fully saturated rings. The summed E-state index contributed by atoms with van der Waals surface area (Å²) in [5.74, 6) is 0. The van der Waals surface area contributed by atoms with Gasteiger partial charge in [-0.1, -0.05) is 11.6 Å². The Hall–Kier alpha value is -0.670. The lowest BCUT2D eigenvalue weighted by molar-refractivity contribution is 1.26. The largest absolute Gasteiger partial charge is 0.237 e. The molecule has 0 bridgehead atoms. The average molecular weight is 243 g/mol. The minimum atomic E-state index is 0.664. The first-order valence-electron chi connectivity index (χ1n) is 3.34. The summed E-state index contributed by atoms with van der Waals surface area (Å²) in [4.78, 5) is 8.23. The molecule has 0 N–H and O–H groups in total. The van der Waals surface area contributed by atoms with Gasteiger partial charge in [0, 0.05) is 11.6 Å². The molecule has 0 aliphatic heterocycles. The molecule has 12 heavy (non-hydrogen) atoms. The first-order valence-corrected chi connectivity index (χ1v) is 4.51. The van der Waals surface area contributed by atoms with Crippen molar-refractivity contribution >= 4 is 38.6 Å². The third kappa shape index (κ3) is 1.30. The molecule has 0 radical (unpaired) electrons. The number of hydrogen-bond donors (Lipinski definition) is 0. The summed E-state index contributed by atoms with van der Waals surface area (Å²) in [6.45, 7) is 0. The van der Waals surface area contributed by atoms with Gasteiger partial charge in [-0.15, -0.1) is 0 Å². The predicted molar refractivity (Wildman–Crippen MR) is 52.2 cm³/mol. The Morgan fingerprint density at radius 2 is 2.08 bits per heavy atom. The van der Waals surface area contributed by atoms with Gasteiger partial charge < -0.3 is 0 Å². The number of rotatable bonds is 0. The van der Waals surface area contributed by atoms with Crippen LogP contribution in [0.3, 0.4) is 0 Å². The van der Waals surface area contributed by atoms with E-state index in [2.05, 4.69) is 25.9 Å². The van der Waals surface area contributed by atoms with Gasteiger partial charge in [-0.25, -0.2) is 9.97 Å². The second-order valence-electron chi connectivity index (χ2n) is 2.30. The van der Waals surface area contributed by atoms with Gasteiger partial charge in [-0.05, 0) is 34.1 Å². The summed E-state index contributed by atoms with van der Waals surface area (Å²) >= 11 is 9.18. The fraction of sp³-hybridized carbons (Fsp3) is 0. The van der Waals surface area contributed by atoms with E-state index in [0.717, 1.165) is 9.99 Å². The third-order valence-electron chi connectivity index (χ3n) is 1.52. The molecular formula is C8H4BrClN2. The van der Waals surface area contributed by atoms with Crippen molar-refractivity contribution in [3.63, 3.8) is 0 Å². The molecular weight excluding hydrogens is 239 g/mol. The molecule has 2 aromatic heterocycles. The lowest BCUT2D eigenvalue weighted by atomic mass is 10.3. The highest BCUT2D eigenvalue weighted by atomic mass is 79.9. The lowest BCUT2D eigenvalue weighted by Crippen LogP contribution is -1.83. The van der Waals surface area contributed by atoms with Crippen LogP contribution in [0, 0.1) is 0 Å². The molecule has 2 rings (SSSR count). The zero-order valence-corrected chi connectivity index (χ0v) is 8.30. The molecule has 2 nitrogen and oxygen atoms in total. The number of pyridine rings is 2. The van der Waals surface area contributed by atoms with E-state index in [1.165, 1.54) is 0 Å². The summed E-state index contributed by atoms with van der Waals surface area (Å²) < 4.78 is 0.768. The summed E-state index contributed by atoms with van der Waals surface area (Å²) in [5, 5.41) is 1.56. The van der Waals surface area contributed by atoms with Crippen molar-refractivity contribution in [2.45, 2.75) is 0 Å². The maximum atomic E-state index is 5.91. The zero-order chi connectivity index (χ0) is 8.55. The molecule has 0 saturated carbocycles. The van der Waals surface area contributed by atoms with Crippen molar-refractivity contribution in [2.75, 3.05) is 0 Å². The Kier molecular flexibility index (Phi) is 1.98. The van der Waals surface area contributed by atoms with E-state index in [0.29, 0.717) is 10.7 Å². The fourth-order valence-electron chi connectivity index (χ4n) is 0.973. The number of hydrogen-bond acceptors (Lipinski definition) is 2. The Bertz CT molecular complexity index is 430. The van der Waals surface area contributed by atoms with Gasteiger partial charge in [0.05, 0.1) is 5.02 Å². The number of fused-ring (bicyclic) bond motifs is 1. The van der Waals surface area contributed by atoms with Crippen molar-refractivity contribution in [3.8, 4) is 0 Å². The van der Waals surface area contributed by atoms with Gasteiger partial charge in [0.25, 0.3) is 0 Å². The number of halogens is 2. The summed E-state index contributed by atoms with van der Waals surface area (Å²) in [6.07, 6.45) is 1.64. The van der Waals surface area contributed by atoms with Crippen molar-refractivity contribution in [3.05, 3.63) is 34.0 Å². The van der Waals surface area contributed by atoms with E-state index >= 15 is 0 Å². The minimum absolute atomic E-state index is 0.664. The average Bonchev–Trinajstić information content (AvgIpc) is 2.04. The molecule has 2 aromatic rings. The van der Waals surface area contributed by atoms with Crippen LogP contribution in [0.4, 0.5) is 0 Å². The number of nitrogens with zero attached hydrogens (tertiary/aromatic N) is 2. The summed E-state index contributed by atoms with van der Waals surface area (Å²) in [6, 6.07) is 5.48. The highest BCUT2D eigenvalue weighted by molar-refractivity contribution is 9.10. The van der Waals surface area contributed by atoms with Crippen molar-refractivity contribution in [1.29, 1.82) is 0 Å². The van der Waals surface area contributed by atoms with E-state index in [9.17, 15) is 0 Å². The van der Waals surface area contributed by atoms with Gasteiger partial charge >= 0.3 is 0 Å². The minimum Gasteiger partial charge on any atom is -0.237 e. The van der Waals surface area contributed by atoms with E-state index < -0.39 is 0 Å². The van der Waals surface area contributed by atoms with Crippen LogP contribution in [0.2, 0.25) is 5.02 Å². The summed E-state index contributed by atoms with van der Waals surface area (Å²) in [5.41, 5.74) is 0.664. The quantitative estimate of drug-likeness (QED) is 0.665. The van der Waals surface area contributed by atoms with Crippen LogP contribution in [0.1, 0.15) is 0 Å². The molecule has 0 aromatic carbocycles. The van der Waals surface area contributed by atoms with Crippen LogP contribution in [0.25, 0.3) is 11.0 Å². The van der Waals surface area contributed by atoms with Crippen LogP contribution < -0.4 is 0 Å². The van der Waals surface area contributed by atoms with Crippen LogP contribution >= 0.6 is 27.5 Å². The van der Waals surface area contributed by atoms with Gasteiger partial charge in [0.2, 0.25) is 0 Å². The van der Waals surface area contributed by atoms with Gasteiger partial charge in [0.1, 0.15) is 4.60 Å². The fourth-order valence-corrected chi connectivity index (χ4v) is 1.48. The Morgan fingerprint density at radius 3 is 2.92 bits per heavy atom. The molecule has 0 unspecified atom stereocenters. The van der Waals surface area contributed by atoms with E-state index in [1.54, 1.807) is 12.3 Å². The van der Waals surface area contributed by atoms with Crippen molar-refractivity contribution < 1.29 is 0 Å². The Labute approximate surface area is 82.7 Å². The molecule has 0 amide bonds. The van der Waals surface area contributed by atoms with Gasteiger partial charge in [-0.2, -0.15) is 0 Å². The first-order chi connectivity index (χ1) is 5.77. The van der Waals surface area contributed by atoms with Crippen LogP contribution in [0.15, 0.2) is 29.0 Å². The normalized spacial score (nSPS) is 10.5. The lowest BCUT2D eigenvalue weighted by Gasteiger charge is -1.97. The van der Waals surface area contributed by atoms with Crippen LogP contribution in [-0.4, -0.2) is 9.97 Å². The molecule has 0 spiro atoms. The maximum absolute atomic E-state index is 5.91. The maximum Gasteiger partial charge on any atom is 0.161 e. The van der Waals surface area contributed by atoms with Crippen LogP contribution in [-0.2, 0) is 0 Å². The predicted octanol–water partition coefficient (Wildman–Crippen LogP) is 3.05. The van der Waals surface area contributed by atoms with Crippen molar-refractivity contribution in [1.82, 2.24) is 9.97 Å². The van der Waals surface area contributed by atoms with E-state index in [4.69, 9.17) is 11.6 Å². The first kappa shape index (κ1) is 7.95. The Balaban J connectivity index is 2.86.